The van der Waals surface area contributed by atoms with Gasteiger partial charge < -0.3 is 53.0 Å². The largest absolute Gasteiger partial charge is 0.368 e. The van der Waals surface area contributed by atoms with E-state index in [2.05, 4.69) is 41.3 Å². The second-order valence-corrected chi connectivity index (χ2v) is 16.2. The van der Waals surface area contributed by atoms with Gasteiger partial charge in [-0.15, -0.1) is 0 Å². The number of para-hydroxylation sites is 2. The second-order valence-electron chi connectivity index (χ2n) is 16.2. The molecule has 1 fully saturated rings. The van der Waals surface area contributed by atoms with Crippen molar-refractivity contribution in [2.24, 2.45) is 17.2 Å². The predicted molar refractivity (Wildman–Crippen MR) is 243 cm³/mol. The highest BCUT2D eigenvalue weighted by atomic mass is 16.2. The Morgan fingerprint density at radius 2 is 1.29 bits per heavy atom. The Morgan fingerprint density at radius 3 is 1.94 bits per heavy atom. The molecule has 6 aromatic rings. The zero-order chi connectivity index (χ0) is 45.9. The molecule has 4 heterocycles. The quantitative estimate of drug-likeness (QED) is 0.0438. The summed E-state index contributed by atoms with van der Waals surface area (Å²) in [5.41, 5.74) is 24.8. The molecule has 0 aliphatic carbocycles. The van der Waals surface area contributed by atoms with Crippen LogP contribution in [0.2, 0.25) is 0 Å². The molecule has 7 rings (SSSR count). The Kier molecular flexibility index (Phi) is 14.9. The van der Waals surface area contributed by atoms with Crippen LogP contribution < -0.4 is 38.6 Å². The van der Waals surface area contributed by atoms with Crippen molar-refractivity contribution in [2.45, 2.75) is 75.2 Å². The lowest BCUT2D eigenvalue weighted by molar-refractivity contribution is -0.133. The van der Waals surface area contributed by atoms with E-state index in [1.54, 1.807) is 18.6 Å². The normalized spacial score (nSPS) is 15.0. The number of hydrogen-bond donors (Lipinski definition) is 10. The highest BCUT2D eigenvalue weighted by molar-refractivity contribution is 5.96. The van der Waals surface area contributed by atoms with Gasteiger partial charge in [-0.3, -0.25) is 29.4 Å². The second kappa shape index (κ2) is 21.2. The van der Waals surface area contributed by atoms with E-state index in [-0.39, 0.29) is 45.2 Å². The van der Waals surface area contributed by atoms with Crippen LogP contribution in [0.3, 0.4) is 0 Å². The first-order chi connectivity index (χ1) is 31.5. The number of carbonyl (C=O) groups is 6. The monoisotopic (exact) mass is 885 g/mol. The summed E-state index contributed by atoms with van der Waals surface area (Å²) in [5.74, 6) is -3.25. The van der Waals surface area contributed by atoms with Crippen LogP contribution in [0.5, 0.6) is 0 Å². The number of nitrogens with one attached hydrogen (secondary N) is 7. The van der Waals surface area contributed by atoms with E-state index in [1.165, 1.54) is 11.2 Å². The SMILES string of the molecule is NCCCC[C@H](NC(=O)[C@@H](Cc1ccccc1)NC(=O)[C@H](Cc1c[nH]c2ccccc12)N1CCN(NC(=O)[C@@H](Cc2c[nH]c3ccccc23)NC(=O)[C@@H](N)Cc2cnc[nH]2)C1=O)C(N)=O. The van der Waals surface area contributed by atoms with Gasteiger partial charge in [0.25, 0.3) is 5.91 Å². The molecule has 1 aliphatic heterocycles. The molecule has 0 radical (unpaired) electrons. The van der Waals surface area contributed by atoms with Crippen LogP contribution >= 0.6 is 0 Å². The van der Waals surface area contributed by atoms with Gasteiger partial charge in [0.15, 0.2) is 0 Å². The third-order valence-electron chi connectivity index (χ3n) is 11.6. The van der Waals surface area contributed by atoms with Crippen molar-refractivity contribution in [1.82, 2.24) is 51.2 Å². The first-order valence-electron chi connectivity index (χ1n) is 21.6. The van der Waals surface area contributed by atoms with Crippen LogP contribution in [0.25, 0.3) is 21.8 Å². The Morgan fingerprint density at radius 1 is 0.677 bits per heavy atom. The third-order valence-corrected chi connectivity index (χ3v) is 11.6. The van der Waals surface area contributed by atoms with Crippen LogP contribution in [0.4, 0.5) is 4.79 Å². The molecule has 1 aliphatic rings. The maximum Gasteiger partial charge on any atom is 0.339 e. The summed E-state index contributed by atoms with van der Waals surface area (Å²) in [6.45, 7) is 0.422. The number of hydrazine groups is 1. The minimum Gasteiger partial charge on any atom is -0.368 e. The summed E-state index contributed by atoms with van der Waals surface area (Å²) in [7, 11) is 0. The number of benzene rings is 3. The van der Waals surface area contributed by atoms with Crippen molar-refractivity contribution in [3.8, 4) is 0 Å². The Hall–Kier alpha value is -7.51. The number of rotatable bonds is 22. The predicted octanol–water partition coefficient (Wildman–Crippen LogP) is 1.18. The van der Waals surface area contributed by atoms with Crippen LogP contribution in [-0.4, -0.2) is 115 Å². The summed E-state index contributed by atoms with van der Waals surface area (Å²) in [4.78, 5) is 98.0. The van der Waals surface area contributed by atoms with Crippen molar-refractivity contribution in [3.05, 3.63) is 126 Å². The van der Waals surface area contributed by atoms with Crippen molar-refractivity contribution in [3.63, 3.8) is 0 Å². The number of urea groups is 1. The van der Waals surface area contributed by atoms with Crippen LogP contribution in [0, 0.1) is 0 Å². The first-order valence-corrected chi connectivity index (χ1v) is 21.6. The number of nitrogens with zero attached hydrogens (tertiary/aromatic N) is 3. The zero-order valence-electron chi connectivity index (χ0n) is 35.8. The molecule has 1 saturated heterocycles. The fraction of sp³-hybridized carbons (Fsp3) is 0.326. The number of hydrogen-bond acceptors (Lipinski definition) is 9. The van der Waals surface area contributed by atoms with Gasteiger partial charge in [0, 0.05) is 78.3 Å². The van der Waals surface area contributed by atoms with Gasteiger partial charge >= 0.3 is 6.03 Å². The lowest BCUT2D eigenvalue weighted by Crippen LogP contribution is -2.59. The van der Waals surface area contributed by atoms with Crippen LogP contribution in [0.1, 0.15) is 41.6 Å². The molecule has 3 aromatic carbocycles. The molecule has 7 amide bonds. The van der Waals surface area contributed by atoms with E-state index in [4.69, 9.17) is 17.2 Å². The summed E-state index contributed by atoms with van der Waals surface area (Å²) in [6, 6.07) is 17.9. The number of amides is 7. The number of nitrogens with two attached hydrogens (primary N) is 3. The number of primary amides is 1. The molecule has 0 bridgehead atoms. The van der Waals surface area contributed by atoms with Gasteiger partial charge in [0.1, 0.15) is 24.2 Å². The molecule has 19 nitrogen and oxygen atoms in total. The van der Waals surface area contributed by atoms with Crippen molar-refractivity contribution in [1.29, 1.82) is 0 Å². The number of aromatic amines is 3. The van der Waals surface area contributed by atoms with E-state index >= 15 is 0 Å². The highest BCUT2D eigenvalue weighted by Gasteiger charge is 2.41. The standard InChI is InChI=1S/C46H55N13O6/c47-17-9-8-16-37(41(49)60)54-43(62)38(20-28-10-2-1-3-11-28)56-45(64)40(22-30-25-52-36-15-7-5-13-33(30)36)58-18-19-59(46(58)65)57-44(63)39(21-29-24-51-35-14-6-4-12-32(29)35)55-42(61)34(48)23-31-26-50-27-53-31/h1-7,10-15,24-27,34,37-40,51-52H,8-9,16-23,47-48H2,(H2,49,60)(H,50,53)(H,54,62)(H,55,61)(H,56,64)(H,57,63)/t34-,37-,38+,39+,40-/m0/s1. The molecule has 19 heteroatoms. The van der Waals surface area contributed by atoms with E-state index in [0.29, 0.717) is 25.1 Å². The highest BCUT2D eigenvalue weighted by Crippen LogP contribution is 2.24. The molecule has 3 aromatic heterocycles. The number of fused-ring (bicyclic) bond motifs is 2. The van der Waals surface area contributed by atoms with Crippen molar-refractivity contribution < 1.29 is 28.8 Å². The lowest BCUT2D eigenvalue weighted by Gasteiger charge is -2.30. The number of aromatic nitrogens is 4. The number of imidazole rings is 1. The van der Waals surface area contributed by atoms with Gasteiger partial charge in [0.2, 0.25) is 23.6 Å². The van der Waals surface area contributed by atoms with Gasteiger partial charge in [0.05, 0.1) is 18.9 Å². The van der Waals surface area contributed by atoms with Crippen molar-refractivity contribution in [2.75, 3.05) is 19.6 Å². The minimum absolute atomic E-state index is 0.00759. The Labute approximate surface area is 374 Å². The maximum absolute atomic E-state index is 14.7. The fourth-order valence-electron chi connectivity index (χ4n) is 8.12. The molecule has 13 N–H and O–H groups in total. The minimum atomic E-state index is -1.17. The maximum atomic E-state index is 14.7. The summed E-state index contributed by atoms with van der Waals surface area (Å²) in [5, 5.41) is 11.2. The average molecular weight is 886 g/mol. The van der Waals surface area contributed by atoms with E-state index in [0.717, 1.165) is 43.5 Å². The number of H-pyrrole nitrogens is 3. The summed E-state index contributed by atoms with van der Waals surface area (Å²) in [6.07, 6.45) is 8.32. The summed E-state index contributed by atoms with van der Waals surface area (Å²) >= 11 is 0. The Balaban J connectivity index is 1.13. The Bertz CT molecular complexity index is 2590. The zero-order valence-corrected chi connectivity index (χ0v) is 35.8. The van der Waals surface area contributed by atoms with Gasteiger partial charge in [-0.25, -0.2) is 14.8 Å². The molecular weight excluding hydrogens is 831 g/mol. The molecule has 0 saturated carbocycles. The molecular formula is C46H55N13O6. The molecule has 0 unspecified atom stereocenters. The molecule has 5 atom stereocenters. The molecule has 0 spiro atoms. The topological polar surface area (TPSA) is 295 Å². The van der Waals surface area contributed by atoms with Crippen LogP contribution in [-0.2, 0) is 49.7 Å². The number of unbranched alkanes of at least 4 members (excludes halogenated alkanes) is 1. The summed E-state index contributed by atoms with van der Waals surface area (Å²) < 4.78 is 0. The van der Waals surface area contributed by atoms with Gasteiger partial charge in [-0.2, -0.15) is 0 Å². The smallest absolute Gasteiger partial charge is 0.339 e. The third kappa shape index (κ3) is 11.4. The molecule has 340 valence electrons. The average Bonchev–Trinajstić information content (AvgIpc) is 4.13. The molecule has 65 heavy (non-hydrogen) atoms. The van der Waals surface area contributed by atoms with Crippen LogP contribution in [0.15, 0.2) is 104 Å². The van der Waals surface area contributed by atoms with E-state index in [9.17, 15) is 28.8 Å². The van der Waals surface area contributed by atoms with Gasteiger partial charge in [-0.1, -0.05) is 66.7 Å². The van der Waals surface area contributed by atoms with E-state index in [1.807, 2.05) is 78.9 Å². The fourth-order valence-corrected chi connectivity index (χ4v) is 8.12. The van der Waals surface area contributed by atoms with Gasteiger partial charge in [-0.05, 0) is 54.6 Å². The van der Waals surface area contributed by atoms with Crippen molar-refractivity contribution >= 4 is 57.4 Å². The van der Waals surface area contributed by atoms with E-state index < -0.39 is 65.8 Å². The number of carbonyl (C=O) groups excluding carboxylic acids is 6. The first kappa shape index (κ1) is 45.5. The lowest BCUT2D eigenvalue weighted by atomic mass is 10.0.